The highest BCUT2D eigenvalue weighted by molar-refractivity contribution is 6.00. The number of piperidine rings is 1. The molecule has 1 saturated heterocycles. The first-order valence-corrected chi connectivity index (χ1v) is 8.59. The maximum atomic E-state index is 14.1. The zero-order valence-electron chi connectivity index (χ0n) is 13.8. The van der Waals surface area contributed by atoms with Crippen molar-refractivity contribution in [3.05, 3.63) is 41.7 Å². The minimum atomic E-state index is -0.441. The fourth-order valence-corrected chi connectivity index (χ4v) is 3.71. The number of hydrogen-bond donors (Lipinski definition) is 0. The predicted molar refractivity (Wildman–Crippen MR) is 88.9 cm³/mol. The van der Waals surface area contributed by atoms with Gasteiger partial charge in [-0.15, -0.1) is 10.2 Å². The summed E-state index contributed by atoms with van der Waals surface area (Å²) in [7, 11) is 0. The normalized spacial score (nSPS) is 21.1. The number of carbonyl (C=O) groups excluding carboxylic acids is 1. The molecule has 1 aromatic heterocycles. The molecule has 0 bridgehead atoms. The Bertz CT molecular complexity index is 768. The second-order valence-corrected chi connectivity index (χ2v) is 6.80. The molecular formula is C18H21FN4O. The van der Waals surface area contributed by atoms with E-state index in [4.69, 9.17) is 0 Å². The average Bonchev–Trinajstić information content (AvgIpc) is 3.31. The average molecular weight is 328 g/mol. The Labute approximate surface area is 140 Å². The number of hydrogen-bond acceptors (Lipinski definition) is 4. The van der Waals surface area contributed by atoms with Crippen LogP contribution in [0.15, 0.2) is 24.5 Å². The van der Waals surface area contributed by atoms with Crippen LogP contribution in [0, 0.1) is 5.82 Å². The van der Waals surface area contributed by atoms with Crippen LogP contribution in [-0.4, -0.2) is 33.6 Å². The number of halogens is 1. The van der Waals surface area contributed by atoms with E-state index in [1.54, 1.807) is 6.07 Å². The number of carbonyl (C=O) groups is 1. The van der Waals surface area contributed by atoms with Crippen LogP contribution in [0.5, 0.6) is 0 Å². The number of anilines is 1. The topological polar surface area (TPSA) is 51.0 Å². The third-order valence-corrected chi connectivity index (χ3v) is 5.01. The van der Waals surface area contributed by atoms with E-state index in [0.29, 0.717) is 11.7 Å². The van der Waals surface area contributed by atoms with Crippen molar-refractivity contribution in [3.63, 3.8) is 0 Å². The highest BCUT2D eigenvalue weighted by atomic mass is 19.1. The van der Waals surface area contributed by atoms with Crippen molar-refractivity contribution in [1.82, 2.24) is 14.8 Å². The Kier molecular flexibility index (Phi) is 3.82. The molecule has 2 aliphatic rings. The van der Waals surface area contributed by atoms with Gasteiger partial charge in [-0.2, -0.15) is 0 Å². The van der Waals surface area contributed by atoms with Gasteiger partial charge in [-0.3, -0.25) is 4.79 Å². The third kappa shape index (κ3) is 2.70. The standard InChI is InChI=1S/C18H21FN4O/c1-12(24)17-15(19)5-2-6-16(17)22-9-3-4-13(10-22)18-21-20-11-23(18)14-7-8-14/h2,5-6,11,13-14H,3-4,7-10H2,1H3/t13-/m0/s1. The molecule has 2 heterocycles. The van der Waals surface area contributed by atoms with Gasteiger partial charge < -0.3 is 9.47 Å². The molecule has 6 heteroatoms. The summed E-state index contributed by atoms with van der Waals surface area (Å²) >= 11 is 0. The second kappa shape index (κ2) is 6.00. The van der Waals surface area contributed by atoms with Crippen LogP contribution in [0.25, 0.3) is 0 Å². The number of rotatable bonds is 4. The summed E-state index contributed by atoms with van der Waals surface area (Å²) in [5.74, 6) is 0.627. The van der Waals surface area contributed by atoms with Gasteiger partial charge in [-0.05, 0) is 44.7 Å². The number of benzene rings is 1. The van der Waals surface area contributed by atoms with Crippen molar-refractivity contribution in [2.45, 2.75) is 44.6 Å². The van der Waals surface area contributed by atoms with E-state index in [0.717, 1.165) is 31.8 Å². The van der Waals surface area contributed by atoms with Crippen molar-refractivity contribution >= 4 is 11.5 Å². The molecule has 0 amide bonds. The molecule has 126 valence electrons. The molecule has 0 N–H and O–H groups in total. The Morgan fingerprint density at radius 3 is 2.88 bits per heavy atom. The number of Topliss-reactive ketones (excluding diaryl/α,β-unsaturated/α-hetero) is 1. The van der Waals surface area contributed by atoms with Gasteiger partial charge >= 0.3 is 0 Å². The summed E-state index contributed by atoms with van der Waals surface area (Å²) in [6.45, 7) is 3.00. The SMILES string of the molecule is CC(=O)c1c(F)cccc1N1CCC[C@H](c2nncn2C2CC2)C1. The molecule has 2 aromatic rings. The first-order valence-electron chi connectivity index (χ1n) is 8.59. The Hall–Kier alpha value is -2.24. The number of aromatic nitrogens is 3. The van der Waals surface area contributed by atoms with Gasteiger partial charge in [0.15, 0.2) is 5.78 Å². The Balaban J connectivity index is 1.63. The molecule has 2 fully saturated rings. The summed E-state index contributed by atoms with van der Waals surface area (Å²) in [5.41, 5.74) is 0.895. The zero-order valence-corrected chi connectivity index (χ0v) is 13.8. The maximum absolute atomic E-state index is 14.1. The molecule has 1 aromatic carbocycles. The summed E-state index contributed by atoms with van der Waals surface area (Å²) in [4.78, 5) is 14.0. The van der Waals surface area contributed by atoms with E-state index in [9.17, 15) is 9.18 Å². The van der Waals surface area contributed by atoms with Crippen LogP contribution in [0.2, 0.25) is 0 Å². The molecule has 5 nitrogen and oxygen atoms in total. The fourth-order valence-electron chi connectivity index (χ4n) is 3.71. The lowest BCUT2D eigenvalue weighted by molar-refractivity contribution is 0.101. The van der Waals surface area contributed by atoms with Crippen molar-refractivity contribution in [2.24, 2.45) is 0 Å². The lowest BCUT2D eigenvalue weighted by atomic mass is 9.95. The van der Waals surface area contributed by atoms with Gasteiger partial charge in [0.05, 0.1) is 11.3 Å². The first kappa shape index (κ1) is 15.3. The molecule has 1 aliphatic heterocycles. The third-order valence-electron chi connectivity index (χ3n) is 5.01. The fraction of sp³-hybridized carbons (Fsp3) is 0.500. The lowest BCUT2D eigenvalue weighted by Gasteiger charge is -2.35. The summed E-state index contributed by atoms with van der Waals surface area (Å²) in [6, 6.07) is 5.42. The van der Waals surface area contributed by atoms with Gasteiger partial charge in [0.25, 0.3) is 0 Å². The Morgan fingerprint density at radius 1 is 1.29 bits per heavy atom. The van der Waals surface area contributed by atoms with Crippen LogP contribution >= 0.6 is 0 Å². The molecule has 0 radical (unpaired) electrons. The van der Waals surface area contributed by atoms with Gasteiger partial charge in [-0.25, -0.2) is 4.39 Å². The van der Waals surface area contributed by atoms with Crippen molar-refractivity contribution in [1.29, 1.82) is 0 Å². The Morgan fingerprint density at radius 2 is 2.12 bits per heavy atom. The molecule has 4 rings (SSSR count). The quantitative estimate of drug-likeness (QED) is 0.808. The monoisotopic (exact) mass is 328 g/mol. The van der Waals surface area contributed by atoms with Crippen LogP contribution in [-0.2, 0) is 0 Å². The van der Waals surface area contributed by atoms with E-state index >= 15 is 0 Å². The smallest absolute Gasteiger partial charge is 0.164 e. The van der Waals surface area contributed by atoms with Crippen molar-refractivity contribution in [2.75, 3.05) is 18.0 Å². The van der Waals surface area contributed by atoms with Crippen molar-refractivity contribution in [3.8, 4) is 0 Å². The minimum Gasteiger partial charge on any atom is -0.370 e. The molecule has 1 aliphatic carbocycles. The first-order chi connectivity index (χ1) is 11.6. The molecule has 1 atom stereocenters. The summed E-state index contributed by atoms with van der Waals surface area (Å²) < 4.78 is 16.3. The van der Waals surface area contributed by atoms with E-state index in [1.165, 1.54) is 25.8 Å². The predicted octanol–water partition coefficient (Wildman–Crippen LogP) is 3.34. The zero-order chi connectivity index (χ0) is 16.7. The lowest BCUT2D eigenvalue weighted by Crippen LogP contribution is -2.36. The van der Waals surface area contributed by atoms with Crippen LogP contribution in [0.1, 0.15) is 60.7 Å². The van der Waals surface area contributed by atoms with Gasteiger partial charge in [0.2, 0.25) is 0 Å². The molecular weight excluding hydrogens is 307 g/mol. The van der Waals surface area contributed by atoms with Gasteiger partial charge in [-0.1, -0.05) is 6.07 Å². The van der Waals surface area contributed by atoms with Gasteiger partial charge in [0.1, 0.15) is 18.0 Å². The highest BCUT2D eigenvalue weighted by Crippen LogP contribution is 2.39. The van der Waals surface area contributed by atoms with E-state index in [-0.39, 0.29) is 17.3 Å². The van der Waals surface area contributed by atoms with Gasteiger partial charge in [0, 0.05) is 25.0 Å². The largest absolute Gasteiger partial charge is 0.370 e. The molecule has 0 unspecified atom stereocenters. The minimum absolute atomic E-state index is 0.196. The van der Waals surface area contributed by atoms with E-state index < -0.39 is 5.82 Å². The number of ketones is 1. The number of nitrogens with zero attached hydrogens (tertiary/aromatic N) is 4. The van der Waals surface area contributed by atoms with Crippen LogP contribution in [0.3, 0.4) is 0 Å². The summed E-state index contributed by atoms with van der Waals surface area (Å²) in [5, 5.41) is 8.45. The highest BCUT2D eigenvalue weighted by Gasteiger charge is 2.32. The maximum Gasteiger partial charge on any atom is 0.164 e. The second-order valence-electron chi connectivity index (χ2n) is 6.80. The van der Waals surface area contributed by atoms with E-state index in [1.807, 2.05) is 12.4 Å². The molecule has 0 spiro atoms. The van der Waals surface area contributed by atoms with Crippen molar-refractivity contribution < 1.29 is 9.18 Å². The van der Waals surface area contributed by atoms with Crippen LogP contribution in [0.4, 0.5) is 10.1 Å². The molecule has 1 saturated carbocycles. The van der Waals surface area contributed by atoms with E-state index in [2.05, 4.69) is 19.7 Å². The van der Waals surface area contributed by atoms with Crippen LogP contribution < -0.4 is 4.90 Å². The summed E-state index contributed by atoms with van der Waals surface area (Å²) in [6.07, 6.45) is 6.26. The molecule has 24 heavy (non-hydrogen) atoms.